The second-order valence-corrected chi connectivity index (χ2v) is 14.6. The number of rotatable bonds is 6. The number of aromatic nitrogens is 2. The maximum absolute atomic E-state index is 16.7. The number of hydrogen-bond donors (Lipinski definition) is 1. The summed E-state index contributed by atoms with van der Waals surface area (Å²) < 4.78 is 16.7. The zero-order valence-corrected chi connectivity index (χ0v) is 27.8. The van der Waals surface area contributed by atoms with Crippen LogP contribution in [0.5, 0.6) is 0 Å². The number of fused-ring (bicyclic) bond motifs is 5. The van der Waals surface area contributed by atoms with E-state index < -0.39 is 11.9 Å². The van der Waals surface area contributed by atoms with Crippen LogP contribution in [-0.4, -0.2) is 50.2 Å². The Morgan fingerprint density at radius 3 is 2.64 bits per heavy atom. The molecule has 10 heteroatoms. The van der Waals surface area contributed by atoms with Gasteiger partial charge in [0.15, 0.2) is 5.82 Å². The summed E-state index contributed by atoms with van der Waals surface area (Å²) in [4.78, 5) is 40.6. The van der Waals surface area contributed by atoms with Crippen LogP contribution in [0, 0.1) is 35.9 Å². The number of nitrogens with zero attached hydrogens (tertiary/aromatic N) is 4. The molecule has 2 aromatic carbocycles. The Hall–Kier alpha value is -3.67. The number of carbonyl (C=O) groups excluding carboxylic acids is 2. The SMILES string of the molecule is Cc1nc2c(F)c(-c3cccc(Cl)c3Cl)c(CCC#N)cc2c2[nH]c(C3C4CC(CN(C5CCCCC5)C4=O)N3C(=O)C3CC3)cc12. The van der Waals surface area contributed by atoms with Gasteiger partial charge in [0.2, 0.25) is 11.8 Å². The average molecular weight is 673 g/mol. The van der Waals surface area contributed by atoms with Crippen LogP contribution in [0.15, 0.2) is 30.3 Å². The van der Waals surface area contributed by atoms with Crippen molar-refractivity contribution in [3.05, 3.63) is 63.1 Å². The first-order chi connectivity index (χ1) is 22.8. The van der Waals surface area contributed by atoms with Gasteiger partial charge in [-0.3, -0.25) is 9.59 Å². The molecule has 2 saturated carbocycles. The summed E-state index contributed by atoms with van der Waals surface area (Å²) in [5.41, 5.74) is 3.69. The topological polar surface area (TPSA) is 93.1 Å². The van der Waals surface area contributed by atoms with Gasteiger partial charge >= 0.3 is 0 Å². The lowest BCUT2D eigenvalue weighted by atomic mass is 9.88. The van der Waals surface area contributed by atoms with Gasteiger partial charge in [0.05, 0.1) is 39.6 Å². The van der Waals surface area contributed by atoms with Gasteiger partial charge in [-0.25, -0.2) is 9.37 Å². The quantitative estimate of drug-likeness (QED) is 0.223. The van der Waals surface area contributed by atoms with Crippen molar-refractivity contribution in [1.82, 2.24) is 19.8 Å². The molecule has 242 valence electrons. The Bertz CT molecular complexity index is 1990. The molecule has 4 aromatic rings. The molecule has 4 aliphatic rings. The number of nitrogens with one attached hydrogen (secondary N) is 1. The molecule has 2 amide bonds. The molecular formula is C37H36Cl2FN5O2. The molecule has 4 fully saturated rings. The van der Waals surface area contributed by atoms with Crippen molar-refractivity contribution >= 4 is 56.8 Å². The number of amides is 2. The summed E-state index contributed by atoms with van der Waals surface area (Å²) in [6, 6.07) is 11.0. The van der Waals surface area contributed by atoms with E-state index in [1.165, 1.54) is 6.42 Å². The van der Waals surface area contributed by atoms with Crippen molar-refractivity contribution in [2.24, 2.45) is 11.8 Å². The number of halogens is 3. The highest BCUT2D eigenvalue weighted by Gasteiger charge is 2.56. The van der Waals surface area contributed by atoms with E-state index in [0.717, 1.165) is 49.6 Å². The molecule has 2 aromatic heterocycles. The minimum atomic E-state index is -0.527. The second-order valence-electron chi connectivity index (χ2n) is 13.8. The van der Waals surface area contributed by atoms with E-state index in [4.69, 9.17) is 28.2 Å². The lowest BCUT2D eigenvalue weighted by Crippen LogP contribution is -2.51. The Morgan fingerprint density at radius 2 is 1.89 bits per heavy atom. The highest BCUT2D eigenvalue weighted by Crippen LogP contribution is 2.50. The van der Waals surface area contributed by atoms with Crippen molar-refractivity contribution < 1.29 is 14.0 Å². The lowest BCUT2D eigenvalue weighted by molar-refractivity contribution is -0.141. The average Bonchev–Trinajstić information content (AvgIpc) is 3.75. The van der Waals surface area contributed by atoms with E-state index in [9.17, 15) is 14.9 Å². The molecule has 2 aliphatic carbocycles. The zero-order chi connectivity index (χ0) is 32.6. The zero-order valence-electron chi connectivity index (χ0n) is 26.3. The van der Waals surface area contributed by atoms with Gasteiger partial charge in [-0.15, -0.1) is 0 Å². The number of pyridine rings is 1. The Balaban J connectivity index is 1.28. The van der Waals surface area contributed by atoms with E-state index in [1.54, 1.807) is 18.2 Å². The Kier molecular flexibility index (Phi) is 7.69. The van der Waals surface area contributed by atoms with E-state index >= 15 is 4.39 Å². The highest BCUT2D eigenvalue weighted by molar-refractivity contribution is 6.43. The largest absolute Gasteiger partial charge is 0.356 e. The summed E-state index contributed by atoms with van der Waals surface area (Å²) in [6.45, 7) is 2.45. The van der Waals surface area contributed by atoms with Gasteiger partial charge in [0.1, 0.15) is 5.52 Å². The molecular weight excluding hydrogens is 636 g/mol. The fourth-order valence-corrected chi connectivity index (χ4v) is 8.95. The third-order valence-corrected chi connectivity index (χ3v) is 11.8. The fourth-order valence-electron chi connectivity index (χ4n) is 8.56. The van der Waals surface area contributed by atoms with Crippen LogP contribution in [0.1, 0.15) is 80.8 Å². The number of H-pyrrole nitrogens is 1. The molecule has 1 N–H and O–H groups in total. The van der Waals surface area contributed by atoms with Crippen LogP contribution in [0.25, 0.3) is 32.9 Å². The lowest BCUT2D eigenvalue weighted by Gasteiger charge is -2.39. The minimum Gasteiger partial charge on any atom is -0.356 e. The molecule has 7 nitrogen and oxygen atoms in total. The number of benzene rings is 2. The molecule has 4 heterocycles. The minimum absolute atomic E-state index is 0.0138. The fraction of sp³-hybridized carbons (Fsp3) is 0.459. The van der Waals surface area contributed by atoms with Crippen LogP contribution in [0.2, 0.25) is 10.0 Å². The number of piperidine rings is 1. The number of carbonyl (C=O) groups is 2. The standard InChI is InChI=1S/C37H36Cl2FN5O2/c1-19-25-17-29(35-27-16-23(45(35)36(46)20-12-13-20)18-44(37(27)47)22-8-3-2-4-9-22)43-33(25)26-15-21(7-6-14-41)30(32(40)34(26)42-19)24-10-5-11-28(38)31(24)39/h5,10-11,15,17,20,22-23,27,35,43H,2-4,6-9,12-13,16,18H2,1H3. The molecule has 0 spiro atoms. The molecule has 2 saturated heterocycles. The van der Waals surface area contributed by atoms with E-state index in [0.29, 0.717) is 52.1 Å². The summed E-state index contributed by atoms with van der Waals surface area (Å²) >= 11 is 12.9. The molecule has 0 radical (unpaired) electrons. The van der Waals surface area contributed by atoms with Crippen molar-refractivity contribution in [3.63, 3.8) is 0 Å². The van der Waals surface area contributed by atoms with Crippen molar-refractivity contribution in [1.29, 1.82) is 5.26 Å². The van der Waals surface area contributed by atoms with Gasteiger partial charge in [-0.2, -0.15) is 5.26 Å². The molecule has 3 unspecified atom stereocenters. The summed E-state index contributed by atoms with van der Waals surface area (Å²) in [5.74, 6) is -0.536. The van der Waals surface area contributed by atoms with Gasteiger partial charge < -0.3 is 14.8 Å². The van der Waals surface area contributed by atoms with E-state index in [1.807, 2.05) is 24.0 Å². The molecule has 8 rings (SSSR count). The smallest absolute Gasteiger partial charge is 0.228 e. The Morgan fingerprint density at radius 1 is 1.11 bits per heavy atom. The van der Waals surface area contributed by atoms with Crippen molar-refractivity contribution in [2.45, 2.75) is 89.3 Å². The Labute approximate surface area is 283 Å². The maximum atomic E-state index is 16.7. The maximum Gasteiger partial charge on any atom is 0.228 e. The third-order valence-electron chi connectivity index (χ3n) is 10.9. The predicted molar refractivity (Wildman–Crippen MR) is 180 cm³/mol. The molecule has 3 atom stereocenters. The van der Waals surface area contributed by atoms with Crippen LogP contribution in [0.3, 0.4) is 0 Å². The monoisotopic (exact) mass is 671 g/mol. The van der Waals surface area contributed by atoms with Crippen LogP contribution >= 0.6 is 23.2 Å². The summed E-state index contributed by atoms with van der Waals surface area (Å²) in [6.07, 6.45) is 8.49. The van der Waals surface area contributed by atoms with Gasteiger partial charge in [-0.05, 0) is 69.2 Å². The van der Waals surface area contributed by atoms with Crippen LogP contribution in [-0.2, 0) is 16.0 Å². The number of likely N-dealkylation sites (tertiary alicyclic amines) is 2. The normalized spacial score (nSPS) is 23.2. The van der Waals surface area contributed by atoms with Gasteiger partial charge in [0, 0.05) is 58.2 Å². The van der Waals surface area contributed by atoms with Crippen LogP contribution < -0.4 is 0 Å². The van der Waals surface area contributed by atoms with E-state index in [2.05, 4.69) is 16.0 Å². The second kappa shape index (κ2) is 11.8. The molecule has 2 bridgehead atoms. The first-order valence-electron chi connectivity index (χ1n) is 16.8. The molecule has 2 aliphatic heterocycles. The van der Waals surface area contributed by atoms with Crippen LogP contribution in [0.4, 0.5) is 4.39 Å². The number of nitriles is 1. The van der Waals surface area contributed by atoms with Gasteiger partial charge in [-0.1, -0.05) is 54.6 Å². The number of aromatic amines is 1. The van der Waals surface area contributed by atoms with Gasteiger partial charge in [0.25, 0.3) is 0 Å². The summed E-state index contributed by atoms with van der Waals surface area (Å²) in [5, 5.41) is 11.4. The molecule has 47 heavy (non-hydrogen) atoms. The number of hydrogen-bond acceptors (Lipinski definition) is 4. The highest BCUT2D eigenvalue weighted by atomic mass is 35.5. The van der Waals surface area contributed by atoms with E-state index in [-0.39, 0.29) is 58.3 Å². The van der Waals surface area contributed by atoms with Crippen molar-refractivity contribution in [3.8, 4) is 17.2 Å². The number of aryl methyl sites for hydroxylation is 2. The van der Waals surface area contributed by atoms with Crippen molar-refractivity contribution in [2.75, 3.05) is 6.54 Å². The first-order valence-corrected chi connectivity index (χ1v) is 17.6. The first kappa shape index (κ1) is 30.7. The third kappa shape index (κ3) is 5.00. The summed E-state index contributed by atoms with van der Waals surface area (Å²) in [7, 11) is 0. The predicted octanol–water partition coefficient (Wildman–Crippen LogP) is 8.44.